The number of hydrogen-bond acceptors (Lipinski definition) is 6. The zero-order valence-corrected chi connectivity index (χ0v) is 15.7. The lowest BCUT2D eigenvalue weighted by molar-refractivity contribution is -0.250. The van der Waals surface area contributed by atoms with Crippen LogP contribution in [0.5, 0.6) is 5.88 Å². The van der Waals surface area contributed by atoms with Gasteiger partial charge in [0.25, 0.3) is 5.88 Å². The van der Waals surface area contributed by atoms with E-state index in [1.165, 1.54) is 6.07 Å². The minimum Gasteiger partial charge on any atom is -0.442 e. The molecule has 0 aliphatic carbocycles. The van der Waals surface area contributed by atoms with Gasteiger partial charge < -0.3 is 4.74 Å². The topological polar surface area (TPSA) is 82.6 Å². The van der Waals surface area contributed by atoms with Crippen molar-refractivity contribution in [2.24, 2.45) is 0 Å². The van der Waals surface area contributed by atoms with E-state index < -0.39 is 17.5 Å². The van der Waals surface area contributed by atoms with Gasteiger partial charge in [0.2, 0.25) is 5.28 Å². The first-order chi connectivity index (χ1) is 11.1. The van der Waals surface area contributed by atoms with Gasteiger partial charge in [-0.15, -0.1) is 0 Å². The first-order valence-electron chi connectivity index (χ1n) is 6.41. The lowest BCUT2D eigenvalue weighted by Crippen LogP contribution is -2.33. The average Bonchev–Trinajstić information content (AvgIpc) is 2.44. The van der Waals surface area contributed by atoms with Gasteiger partial charge >= 0.3 is 6.09 Å². The number of carbonyl (C=O) groups is 1. The van der Waals surface area contributed by atoms with Crippen LogP contribution in [0.1, 0.15) is 20.8 Å². The molecule has 0 unspecified atom stereocenters. The van der Waals surface area contributed by atoms with Gasteiger partial charge in [-0.25, -0.2) is 14.2 Å². The summed E-state index contributed by atoms with van der Waals surface area (Å²) in [6.07, 6.45) is -0.890. The molecule has 2 rings (SSSR count). The summed E-state index contributed by atoms with van der Waals surface area (Å²) in [5.74, 6) is -0.985. The average molecular weight is 443 g/mol. The van der Waals surface area contributed by atoms with Crippen LogP contribution in [0.3, 0.4) is 0 Å². The molecule has 0 aliphatic rings. The highest BCUT2D eigenvalue weighted by atomic mass is 79.9. The fourth-order valence-corrected chi connectivity index (χ4v) is 2.23. The maximum Gasteiger partial charge on any atom is 0.435 e. The summed E-state index contributed by atoms with van der Waals surface area (Å²) in [5.41, 5.74) is 1.03. The standard InChI is InChI=1S/C13H11BrCl2FN3O4/c1-13(2,3)22-12(21)20-24-23-10-5-4-6(15)7(14)8(17)9(5)18-11(16)19-10/h4H,1-3H3,(H,20,21). The van der Waals surface area contributed by atoms with E-state index in [4.69, 9.17) is 32.8 Å². The van der Waals surface area contributed by atoms with Crippen molar-refractivity contribution in [2.75, 3.05) is 0 Å². The van der Waals surface area contributed by atoms with E-state index in [1.54, 1.807) is 20.8 Å². The van der Waals surface area contributed by atoms with E-state index in [0.29, 0.717) is 0 Å². The molecule has 11 heteroatoms. The molecule has 2 aromatic rings. The molecule has 0 radical (unpaired) electrons. The highest BCUT2D eigenvalue weighted by molar-refractivity contribution is 9.10. The van der Waals surface area contributed by atoms with Crippen LogP contribution in [0.25, 0.3) is 10.9 Å². The van der Waals surface area contributed by atoms with E-state index in [2.05, 4.69) is 30.9 Å². The molecule has 1 aromatic carbocycles. The molecule has 0 aliphatic heterocycles. The van der Waals surface area contributed by atoms with E-state index in [0.717, 1.165) is 0 Å². The number of ether oxygens (including phenoxy) is 1. The second-order valence-electron chi connectivity index (χ2n) is 5.45. The second kappa shape index (κ2) is 7.22. The van der Waals surface area contributed by atoms with Crippen LogP contribution >= 0.6 is 39.1 Å². The zero-order valence-electron chi connectivity index (χ0n) is 12.6. The Hall–Kier alpha value is -1.42. The van der Waals surface area contributed by atoms with Crippen molar-refractivity contribution >= 4 is 56.1 Å². The lowest BCUT2D eigenvalue weighted by atomic mass is 10.2. The van der Waals surface area contributed by atoms with Crippen LogP contribution in [0, 0.1) is 5.82 Å². The van der Waals surface area contributed by atoms with Crippen molar-refractivity contribution in [1.82, 2.24) is 15.4 Å². The van der Waals surface area contributed by atoms with Crippen molar-refractivity contribution in [3.8, 4) is 5.88 Å². The SMILES string of the molecule is CC(C)(C)OC(=O)NOOc1nc(Cl)nc2c(F)c(Br)c(Cl)cc12. The number of aromatic nitrogens is 2. The fourth-order valence-electron chi connectivity index (χ4n) is 1.58. The molecule has 1 N–H and O–H groups in total. The van der Waals surface area contributed by atoms with Crippen molar-refractivity contribution in [1.29, 1.82) is 0 Å². The maximum atomic E-state index is 14.2. The summed E-state index contributed by atoms with van der Waals surface area (Å²) < 4.78 is 19.1. The molecule has 24 heavy (non-hydrogen) atoms. The highest BCUT2D eigenvalue weighted by Gasteiger charge is 2.19. The summed E-state index contributed by atoms with van der Waals surface area (Å²) >= 11 is 14.6. The zero-order chi connectivity index (χ0) is 18.1. The number of hydrogen-bond donors (Lipinski definition) is 1. The largest absolute Gasteiger partial charge is 0.442 e. The molecule has 0 atom stereocenters. The normalized spacial score (nSPS) is 11.5. The predicted molar refractivity (Wildman–Crippen MR) is 88.3 cm³/mol. The first-order valence-corrected chi connectivity index (χ1v) is 7.96. The van der Waals surface area contributed by atoms with Crippen LogP contribution in [0.15, 0.2) is 10.5 Å². The summed E-state index contributed by atoms with van der Waals surface area (Å²) in [7, 11) is 0. The number of benzene rings is 1. The number of fused-ring (bicyclic) bond motifs is 1. The van der Waals surface area contributed by atoms with Crippen molar-refractivity contribution in [3.05, 3.63) is 26.7 Å². The van der Waals surface area contributed by atoms with E-state index >= 15 is 0 Å². The number of rotatable bonds is 3. The van der Waals surface area contributed by atoms with Crippen LogP contribution < -0.4 is 10.4 Å². The van der Waals surface area contributed by atoms with E-state index in [1.807, 2.05) is 5.48 Å². The van der Waals surface area contributed by atoms with Crippen molar-refractivity contribution in [3.63, 3.8) is 0 Å². The summed E-state index contributed by atoms with van der Waals surface area (Å²) in [6.45, 7) is 5.02. The molecular weight excluding hydrogens is 432 g/mol. The number of nitrogens with zero attached hydrogens (tertiary/aromatic N) is 2. The third-order valence-corrected chi connectivity index (χ3v) is 3.88. The smallest absolute Gasteiger partial charge is 0.435 e. The number of nitrogens with one attached hydrogen (secondary N) is 1. The second-order valence-corrected chi connectivity index (χ2v) is 6.99. The molecule has 1 heterocycles. The Morgan fingerprint density at radius 1 is 1.33 bits per heavy atom. The van der Waals surface area contributed by atoms with Crippen molar-refractivity contribution < 1.29 is 23.8 Å². The Morgan fingerprint density at radius 3 is 2.62 bits per heavy atom. The Kier molecular flexibility index (Phi) is 5.69. The highest BCUT2D eigenvalue weighted by Crippen LogP contribution is 2.35. The van der Waals surface area contributed by atoms with Crippen LogP contribution in [0.4, 0.5) is 9.18 Å². The van der Waals surface area contributed by atoms with Gasteiger partial charge in [-0.2, -0.15) is 10.5 Å². The Balaban J connectivity index is 2.22. The molecule has 130 valence electrons. The third kappa shape index (κ3) is 4.56. The summed E-state index contributed by atoms with van der Waals surface area (Å²) in [4.78, 5) is 28.4. The summed E-state index contributed by atoms with van der Waals surface area (Å²) in [6, 6.07) is 1.35. The first kappa shape index (κ1) is 18.9. The van der Waals surface area contributed by atoms with Crippen LogP contribution in [-0.2, 0) is 9.73 Å². The van der Waals surface area contributed by atoms with Gasteiger partial charge in [-0.1, -0.05) is 16.6 Å². The lowest BCUT2D eigenvalue weighted by Gasteiger charge is -2.18. The molecule has 7 nitrogen and oxygen atoms in total. The number of amides is 1. The van der Waals surface area contributed by atoms with Gasteiger partial charge in [-0.3, -0.25) is 4.89 Å². The van der Waals surface area contributed by atoms with Gasteiger partial charge in [0.1, 0.15) is 11.1 Å². The van der Waals surface area contributed by atoms with Gasteiger partial charge in [-0.05, 0) is 54.4 Å². The number of carbonyl (C=O) groups excluding carboxylic acids is 1. The fraction of sp³-hybridized carbons (Fsp3) is 0.308. The molecule has 0 spiro atoms. The van der Waals surface area contributed by atoms with Gasteiger partial charge in [0.15, 0.2) is 5.82 Å². The summed E-state index contributed by atoms with van der Waals surface area (Å²) in [5, 5.41) is -0.126. The Morgan fingerprint density at radius 2 is 2.00 bits per heavy atom. The Bertz CT molecular complexity index is 801. The quantitative estimate of drug-likeness (QED) is 0.324. The molecule has 1 aromatic heterocycles. The third-order valence-electron chi connectivity index (χ3n) is 2.41. The molecule has 0 fully saturated rings. The number of halogens is 4. The Labute approximate surface area is 154 Å². The number of hydroxylamine groups is 1. The molecule has 0 saturated carbocycles. The minimum atomic E-state index is -0.890. The molecule has 0 bridgehead atoms. The molecule has 0 saturated heterocycles. The van der Waals surface area contributed by atoms with Crippen LogP contribution in [0.2, 0.25) is 10.3 Å². The van der Waals surface area contributed by atoms with Crippen LogP contribution in [-0.4, -0.2) is 21.7 Å². The van der Waals surface area contributed by atoms with Crippen molar-refractivity contribution in [2.45, 2.75) is 26.4 Å². The monoisotopic (exact) mass is 441 g/mol. The van der Waals surface area contributed by atoms with E-state index in [-0.39, 0.29) is 31.6 Å². The predicted octanol–water partition coefficient (Wildman–Crippen LogP) is 4.59. The maximum absolute atomic E-state index is 14.2. The van der Waals surface area contributed by atoms with E-state index in [9.17, 15) is 9.18 Å². The van der Waals surface area contributed by atoms with Gasteiger partial charge in [0, 0.05) is 0 Å². The molecule has 1 amide bonds. The minimum absolute atomic E-state index is 0.0187. The molecular formula is C13H11BrCl2FN3O4. The van der Waals surface area contributed by atoms with Gasteiger partial charge in [0.05, 0.1) is 14.9 Å².